The first-order chi connectivity index (χ1) is 8.34. The lowest BCUT2D eigenvalue weighted by Gasteiger charge is -2.11. The largest absolute Gasteiger partial charge is 0.399 e. The van der Waals surface area contributed by atoms with E-state index in [0.717, 1.165) is 17.1 Å². The molecule has 0 radical (unpaired) electrons. The predicted molar refractivity (Wildman–Crippen MR) is 65.2 cm³/mol. The van der Waals surface area contributed by atoms with Gasteiger partial charge in [-0.05, 0) is 47.5 Å². The average Bonchev–Trinajstić information content (AvgIpc) is 3.00. The first-order valence-corrected chi connectivity index (χ1v) is 5.98. The van der Waals surface area contributed by atoms with E-state index in [1.54, 1.807) is 0 Å². The maximum absolute atomic E-state index is 5.68. The predicted octanol–water partition coefficient (Wildman–Crippen LogP) is 2.04. The van der Waals surface area contributed by atoms with E-state index in [0.29, 0.717) is 6.04 Å². The van der Waals surface area contributed by atoms with Gasteiger partial charge in [-0.1, -0.05) is 12.8 Å². The van der Waals surface area contributed by atoms with Crippen LogP contribution in [-0.4, -0.2) is 20.2 Å². The van der Waals surface area contributed by atoms with Gasteiger partial charge in [-0.15, -0.1) is 5.10 Å². The molecule has 88 valence electrons. The molecule has 5 nitrogen and oxygen atoms in total. The minimum atomic E-state index is 0.456. The Bertz CT molecular complexity index is 496. The summed E-state index contributed by atoms with van der Waals surface area (Å²) in [4.78, 5) is 0. The standard InChI is InChI=1S/C12H15N5/c13-10-7-5-9(6-8-10)12-14-15-16-17(12)11-3-1-2-4-11/h5-8,11H,1-4,13H2. The van der Waals surface area contributed by atoms with Gasteiger partial charge in [0.15, 0.2) is 5.82 Å². The number of nitrogens with zero attached hydrogens (tertiary/aromatic N) is 4. The van der Waals surface area contributed by atoms with Crippen molar-refractivity contribution in [3.63, 3.8) is 0 Å². The molecular formula is C12H15N5. The minimum absolute atomic E-state index is 0.456. The van der Waals surface area contributed by atoms with Crippen molar-refractivity contribution >= 4 is 5.69 Å². The van der Waals surface area contributed by atoms with Crippen LogP contribution in [0.15, 0.2) is 24.3 Å². The summed E-state index contributed by atoms with van der Waals surface area (Å²) in [5.41, 5.74) is 7.46. The SMILES string of the molecule is Nc1ccc(-c2nnnn2C2CCCC2)cc1. The topological polar surface area (TPSA) is 69.6 Å². The molecule has 3 rings (SSSR count). The molecule has 1 fully saturated rings. The van der Waals surface area contributed by atoms with E-state index in [1.807, 2.05) is 28.9 Å². The maximum atomic E-state index is 5.68. The van der Waals surface area contributed by atoms with Crippen LogP contribution in [-0.2, 0) is 0 Å². The second kappa shape index (κ2) is 4.16. The summed E-state index contributed by atoms with van der Waals surface area (Å²) in [6.07, 6.45) is 4.89. The Hall–Kier alpha value is -1.91. The average molecular weight is 229 g/mol. The van der Waals surface area contributed by atoms with E-state index in [9.17, 15) is 0 Å². The molecule has 2 aromatic rings. The molecule has 1 aromatic heterocycles. The van der Waals surface area contributed by atoms with Crippen molar-refractivity contribution in [2.24, 2.45) is 0 Å². The Morgan fingerprint density at radius 3 is 2.53 bits per heavy atom. The van der Waals surface area contributed by atoms with Gasteiger partial charge in [0.1, 0.15) is 0 Å². The molecule has 1 saturated carbocycles. The van der Waals surface area contributed by atoms with Crippen LogP contribution in [0.25, 0.3) is 11.4 Å². The summed E-state index contributed by atoms with van der Waals surface area (Å²) in [5, 5.41) is 12.0. The molecule has 0 bridgehead atoms. The van der Waals surface area contributed by atoms with Crippen LogP contribution in [0, 0.1) is 0 Å². The molecule has 0 spiro atoms. The number of benzene rings is 1. The van der Waals surface area contributed by atoms with Crippen LogP contribution in [0.2, 0.25) is 0 Å². The first kappa shape index (κ1) is 10.3. The highest BCUT2D eigenvalue weighted by Crippen LogP contribution is 2.31. The number of hydrogen-bond acceptors (Lipinski definition) is 4. The first-order valence-electron chi connectivity index (χ1n) is 5.98. The van der Waals surface area contributed by atoms with Gasteiger partial charge in [-0.3, -0.25) is 0 Å². The molecule has 0 amide bonds. The van der Waals surface area contributed by atoms with E-state index < -0.39 is 0 Å². The molecule has 1 heterocycles. The van der Waals surface area contributed by atoms with Crippen LogP contribution in [0.3, 0.4) is 0 Å². The van der Waals surface area contributed by atoms with Gasteiger partial charge in [0.2, 0.25) is 0 Å². The Labute approximate surface area is 99.6 Å². The molecule has 0 aliphatic heterocycles. The van der Waals surface area contributed by atoms with Gasteiger partial charge in [0.05, 0.1) is 6.04 Å². The fraction of sp³-hybridized carbons (Fsp3) is 0.417. The van der Waals surface area contributed by atoms with E-state index >= 15 is 0 Å². The van der Waals surface area contributed by atoms with E-state index in [2.05, 4.69) is 15.5 Å². The molecule has 1 aliphatic carbocycles. The molecule has 1 aromatic carbocycles. The van der Waals surface area contributed by atoms with Gasteiger partial charge in [0, 0.05) is 11.3 Å². The van der Waals surface area contributed by atoms with Crippen molar-refractivity contribution in [3.8, 4) is 11.4 Å². The molecule has 0 atom stereocenters. The lowest BCUT2D eigenvalue weighted by atomic mass is 10.2. The fourth-order valence-electron chi connectivity index (χ4n) is 2.41. The molecule has 5 heteroatoms. The third-order valence-corrected chi connectivity index (χ3v) is 3.33. The van der Waals surface area contributed by atoms with E-state index in [4.69, 9.17) is 5.73 Å². The fourth-order valence-corrected chi connectivity index (χ4v) is 2.41. The quantitative estimate of drug-likeness (QED) is 0.800. The Balaban J connectivity index is 1.97. The lowest BCUT2D eigenvalue weighted by molar-refractivity contribution is 0.458. The van der Waals surface area contributed by atoms with Crippen molar-refractivity contribution < 1.29 is 0 Å². The highest BCUT2D eigenvalue weighted by molar-refractivity contribution is 5.58. The van der Waals surface area contributed by atoms with Crippen LogP contribution < -0.4 is 5.73 Å². The highest BCUT2D eigenvalue weighted by Gasteiger charge is 2.21. The van der Waals surface area contributed by atoms with Crippen molar-refractivity contribution in [2.75, 3.05) is 5.73 Å². The zero-order valence-corrected chi connectivity index (χ0v) is 9.58. The van der Waals surface area contributed by atoms with Crippen LogP contribution in [0.1, 0.15) is 31.7 Å². The van der Waals surface area contributed by atoms with Crippen LogP contribution in [0.4, 0.5) is 5.69 Å². The Morgan fingerprint density at radius 2 is 1.82 bits per heavy atom. The van der Waals surface area contributed by atoms with Crippen molar-refractivity contribution in [1.29, 1.82) is 0 Å². The van der Waals surface area contributed by atoms with Gasteiger partial charge in [-0.2, -0.15) is 0 Å². The molecule has 0 saturated heterocycles. The third kappa shape index (κ3) is 1.88. The zero-order valence-electron chi connectivity index (χ0n) is 9.58. The van der Waals surface area contributed by atoms with Gasteiger partial charge in [-0.25, -0.2) is 4.68 Å². The summed E-state index contributed by atoms with van der Waals surface area (Å²) in [5.74, 6) is 0.844. The van der Waals surface area contributed by atoms with Gasteiger partial charge < -0.3 is 5.73 Å². The number of rotatable bonds is 2. The smallest absolute Gasteiger partial charge is 0.182 e. The Morgan fingerprint density at radius 1 is 1.12 bits per heavy atom. The molecule has 17 heavy (non-hydrogen) atoms. The molecule has 0 unspecified atom stereocenters. The summed E-state index contributed by atoms with van der Waals surface area (Å²) in [6.45, 7) is 0. The monoisotopic (exact) mass is 229 g/mol. The minimum Gasteiger partial charge on any atom is -0.399 e. The van der Waals surface area contributed by atoms with Gasteiger partial charge in [0.25, 0.3) is 0 Å². The third-order valence-electron chi connectivity index (χ3n) is 3.33. The summed E-state index contributed by atoms with van der Waals surface area (Å²) >= 11 is 0. The normalized spacial score (nSPS) is 16.5. The van der Waals surface area contributed by atoms with Gasteiger partial charge >= 0.3 is 0 Å². The summed E-state index contributed by atoms with van der Waals surface area (Å²) in [7, 11) is 0. The van der Waals surface area contributed by atoms with Crippen molar-refractivity contribution in [3.05, 3.63) is 24.3 Å². The number of nitrogens with two attached hydrogens (primary N) is 1. The highest BCUT2D eigenvalue weighted by atomic mass is 15.5. The number of aromatic nitrogens is 4. The van der Waals surface area contributed by atoms with E-state index in [1.165, 1.54) is 25.7 Å². The molecular weight excluding hydrogens is 214 g/mol. The molecule has 2 N–H and O–H groups in total. The Kier molecular flexibility index (Phi) is 2.51. The van der Waals surface area contributed by atoms with Crippen molar-refractivity contribution in [2.45, 2.75) is 31.7 Å². The second-order valence-electron chi connectivity index (χ2n) is 4.51. The van der Waals surface area contributed by atoms with Crippen LogP contribution >= 0.6 is 0 Å². The summed E-state index contributed by atoms with van der Waals surface area (Å²) in [6, 6.07) is 8.14. The number of nitrogen functional groups attached to an aromatic ring is 1. The lowest BCUT2D eigenvalue weighted by Crippen LogP contribution is -2.08. The molecule has 1 aliphatic rings. The van der Waals surface area contributed by atoms with Crippen LogP contribution in [0.5, 0.6) is 0 Å². The van der Waals surface area contributed by atoms with Crippen molar-refractivity contribution in [1.82, 2.24) is 20.2 Å². The second-order valence-corrected chi connectivity index (χ2v) is 4.51. The number of anilines is 1. The van der Waals surface area contributed by atoms with E-state index in [-0.39, 0.29) is 0 Å². The zero-order chi connectivity index (χ0) is 11.7. The summed E-state index contributed by atoms with van der Waals surface area (Å²) < 4.78 is 1.96. The maximum Gasteiger partial charge on any atom is 0.182 e. The number of hydrogen-bond donors (Lipinski definition) is 1. The number of tetrazole rings is 1.